The molecular formula is C22H45NO3. The van der Waals surface area contributed by atoms with Crippen LogP contribution in [0.2, 0.25) is 0 Å². The summed E-state index contributed by atoms with van der Waals surface area (Å²) in [6, 6.07) is 0. The number of ether oxygens (including phenoxy) is 2. The van der Waals surface area contributed by atoms with E-state index in [4.69, 9.17) is 9.47 Å². The van der Waals surface area contributed by atoms with Gasteiger partial charge in [-0.1, -0.05) is 47.5 Å². The van der Waals surface area contributed by atoms with E-state index in [1.807, 2.05) is 4.90 Å². The van der Waals surface area contributed by atoms with Gasteiger partial charge in [-0.05, 0) is 39.5 Å². The van der Waals surface area contributed by atoms with Crippen molar-refractivity contribution in [1.82, 2.24) is 4.90 Å². The van der Waals surface area contributed by atoms with Gasteiger partial charge in [0.05, 0.1) is 25.4 Å². The molecule has 0 aromatic carbocycles. The van der Waals surface area contributed by atoms with Gasteiger partial charge in [-0.25, -0.2) is 0 Å². The van der Waals surface area contributed by atoms with Crippen molar-refractivity contribution in [2.75, 3.05) is 33.5 Å². The highest BCUT2D eigenvalue weighted by Gasteiger charge is 2.33. The summed E-state index contributed by atoms with van der Waals surface area (Å²) in [5.74, 6) is 1.10. The van der Waals surface area contributed by atoms with Gasteiger partial charge in [0.2, 0.25) is 5.91 Å². The second-order valence-electron chi connectivity index (χ2n) is 9.41. The number of hydrogen-bond acceptors (Lipinski definition) is 3. The molecule has 0 fully saturated rings. The predicted molar refractivity (Wildman–Crippen MR) is 110 cm³/mol. The van der Waals surface area contributed by atoms with Crippen molar-refractivity contribution in [3.8, 4) is 0 Å². The van der Waals surface area contributed by atoms with Gasteiger partial charge in [0.25, 0.3) is 0 Å². The van der Waals surface area contributed by atoms with E-state index in [9.17, 15) is 4.79 Å². The lowest BCUT2D eigenvalue weighted by atomic mass is 9.92. The molecule has 0 rings (SSSR count). The van der Waals surface area contributed by atoms with Crippen LogP contribution in [0.4, 0.5) is 0 Å². The summed E-state index contributed by atoms with van der Waals surface area (Å²) in [5.41, 5.74) is -0.324. The molecule has 0 spiro atoms. The lowest BCUT2D eigenvalue weighted by molar-refractivity contribution is -0.144. The van der Waals surface area contributed by atoms with E-state index in [0.29, 0.717) is 25.7 Å². The lowest BCUT2D eigenvalue weighted by Crippen LogP contribution is -2.52. The van der Waals surface area contributed by atoms with Crippen molar-refractivity contribution in [3.05, 3.63) is 0 Å². The van der Waals surface area contributed by atoms with Crippen LogP contribution in [0.3, 0.4) is 0 Å². The molecule has 1 amide bonds. The molecule has 0 N–H and O–H groups in total. The fourth-order valence-corrected chi connectivity index (χ4v) is 3.46. The minimum absolute atomic E-state index is 0.0192. The molecule has 4 nitrogen and oxygen atoms in total. The summed E-state index contributed by atoms with van der Waals surface area (Å²) in [4.78, 5) is 15.2. The van der Waals surface area contributed by atoms with Crippen LogP contribution in [0.1, 0.15) is 81.1 Å². The molecule has 1 atom stereocenters. The van der Waals surface area contributed by atoms with Gasteiger partial charge in [0.15, 0.2) is 0 Å². The first-order valence-corrected chi connectivity index (χ1v) is 10.4. The highest BCUT2D eigenvalue weighted by Crippen LogP contribution is 2.24. The van der Waals surface area contributed by atoms with Crippen LogP contribution in [-0.2, 0) is 14.3 Å². The minimum atomic E-state index is -0.305. The van der Waals surface area contributed by atoms with E-state index in [1.54, 1.807) is 7.11 Å². The number of nitrogens with zero attached hydrogens (tertiary/aromatic N) is 1. The third kappa shape index (κ3) is 9.36. The van der Waals surface area contributed by atoms with Crippen LogP contribution < -0.4 is 0 Å². The summed E-state index contributed by atoms with van der Waals surface area (Å²) in [6.45, 7) is 19.7. The number of likely N-dealkylation sites (N-methyl/N-ethyl adjacent to an activating group) is 1. The molecule has 156 valence electrons. The normalized spacial score (nSPS) is 13.9. The number of carbonyl (C=O) groups is 1. The van der Waals surface area contributed by atoms with Crippen molar-refractivity contribution >= 4 is 5.91 Å². The topological polar surface area (TPSA) is 38.8 Å². The average Bonchev–Trinajstić information content (AvgIpc) is 2.50. The first kappa shape index (κ1) is 25.4. The van der Waals surface area contributed by atoms with E-state index in [0.717, 1.165) is 25.8 Å². The monoisotopic (exact) mass is 371 g/mol. The quantitative estimate of drug-likeness (QED) is 0.423. The average molecular weight is 372 g/mol. The molecule has 4 heteroatoms. The zero-order valence-electron chi connectivity index (χ0n) is 19.0. The molecule has 0 bridgehead atoms. The summed E-state index contributed by atoms with van der Waals surface area (Å²) in [5, 5.41) is 0. The van der Waals surface area contributed by atoms with Gasteiger partial charge < -0.3 is 14.4 Å². The van der Waals surface area contributed by atoms with Crippen LogP contribution >= 0.6 is 0 Å². The third-order valence-corrected chi connectivity index (χ3v) is 4.97. The van der Waals surface area contributed by atoms with Crippen molar-refractivity contribution in [2.24, 2.45) is 17.3 Å². The zero-order chi connectivity index (χ0) is 20.4. The maximum absolute atomic E-state index is 13.1. The predicted octanol–water partition coefficient (Wildman–Crippen LogP) is 5.16. The number of methoxy groups -OCH3 is 1. The van der Waals surface area contributed by atoms with Crippen molar-refractivity contribution < 1.29 is 14.3 Å². The number of amides is 1. The molecule has 0 saturated carbocycles. The Morgan fingerprint density at radius 3 is 2.08 bits per heavy atom. The second kappa shape index (κ2) is 12.0. The van der Waals surface area contributed by atoms with Crippen LogP contribution in [0.5, 0.6) is 0 Å². The van der Waals surface area contributed by atoms with Gasteiger partial charge in [0, 0.05) is 25.0 Å². The Labute approximate surface area is 163 Å². The lowest BCUT2D eigenvalue weighted by Gasteiger charge is -2.40. The van der Waals surface area contributed by atoms with Crippen molar-refractivity contribution in [1.29, 1.82) is 0 Å². The molecule has 0 aliphatic carbocycles. The standard InChI is InChI=1S/C22H45NO3/c1-10-19(14-12-13-18(3)4)20(24)23(11-2)22(7,8)17-26-16-21(5,6)15-25-9/h18-19H,10-17H2,1-9H3. The van der Waals surface area contributed by atoms with Crippen molar-refractivity contribution in [3.63, 3.8) is 0 Å². The summed E-state index contributed by atoms with van der Waals surface area (Å²) < 4.78 is 11.3. The fourth-order valence-electron chi connectivity index (χ4n) is 3.46. The Kier molecular flexibility index (Phi) is 11.7. The van der Waals surface area contributed by atoms with Gasteiger partial charge in [-0.3, -0.25) is 4.79 Å². The molecule has 0 aliphatic heterocycles. The van der Waals surface area contributed by atoms with Crippen LogP contribution in [0.25, 0.3) is 0 Å². The van der Waals surface area contributed by atoms with Gasteiger partial charge in [0.1, 0.15) is 0 Å². The molecule has 0 aromatic rings. The minimum Gasteiger partial charge on any atom is -0.384 e. The highest BCUT2D eigenvalue weighted by molar-refractivity contribution is 5.79. The third-order valence-electron chi connectivity index (χ3n) is 4.97. The largest absolute Gasteiger partial charge is 0.384 e. The van der Waals surface area contributed by atoms with Gasteiger partial charge >= 0.3 is 0 Å². The molecule has 26 heavy (non-hydrogen) atoms. The Morgan fingerprint density at radius 1 is 1.00 bits per heavy atom. The van der Waals surface area contributed by atoms with Gasteiger partial charge in [-0.15, -0.1) is 0 Å². The Bertz CT molecular complexity index is 391. The summed E-state index contributed by atoms with van der Waals surface area (Å²) in [6.07, 6.45) is 4.21. The Hall–Kier alpha value is -0.610. The molecule has 0 aromatic heterocycles. The van der Waals surface area contributed by atoms with E-state index < -0.39 is 0 Å². The molecular weight excluding hydrogens is 326 g/mol. The molecule has 1 unspecified atom stereocenters. The fraction of sp³-hybridized carbons (Fsp3) is 0.955. The smallest absolute Gasteiger partial charge is 0.226 e. The summed E-state index contributed by atoms with van der Waals surface area (Å²) >= 11 is 0. The zero-order valence-corrected chi connectivity index (χ0v) is 19.0. The Balaban J connectivity index is 4.79. The molecule has 0 aliphatic rings. The SMILES string of the molecule is CCC(CCCC(C)C)C(=O)N(CC)C(C)(C)COCC(C)(C)COC. The highest BCUT2D eigenvalue weighted by atomic mass is 16.5. The number of hydrogen-bond donors (Lipinski definition) is 0. The van der Waals surface area contributed by atoms with E-state index in [-0.39, 0.29) is 22.8 Å². The van der Waals surface area contributed by atoms with E-state index in [2.05, 4.69) is 55.4 Å². The molecule has 0 heterocycles. The first-order chi connectivity index (χ1) is 12.0. The summed E-state index contributed by atoms with van der Waals surface area (Å²) in [7, 11) is 1.72. The van der Waals surface area contributed by atoms with E-state index >= 15 is 0 Å². The molecule has 0 radical (unpaired) electrons. The number of carbonyl (C=O) groups excluding carboxylic acids is 1. The van der Waals surface area contributed by atoms with Crippen LogP contribution in [0, 0.1) is 17.3 Å². The van der Waals surface area contributed by atoms with E-state index in [1.165, 1.54) is 6.42 Å². The second-order valence-corrected chi connectivity index (χ2v) is 9.41. The maximum Gasteiger partial charge on any atom is 0.226 e. The maximum atomic E-state index is 13.1. The number of rotatable bonds is 14. The Morgan fingerprint density at radius 2 is 1.62 bits per heavy atom. The first-order valence-electron chi connectivity index (χ1n) is 10.4. The van der Waals surface area contributed by atoms with Crippen LogP contribution in [0.15, 0.2) is 0 Å². The molecule has 0 saturated heterocycles. The van der Waals surface area contributed by atoms with Crippen LogP contribution in [-0.4, -0.2) is 49.8 Å². The van der Waals surface area contributed by atoms with Gasteiger partial charge in [-0.2, -0.15) is 0 Å². The van der Waals surface area contributed by atoms with Crippen molar-refractivity contribution in [2.45, 2.75) is 86.6 Å².